The van der Waals surface area contributed by atoms with Crippen LogP contribution in [0.2, 0.25) is 0 Å². The third kappa shape index (κ3) is 4.77. The van der Waals surface area contributed by atoms with E-state index in [1.165, 1.54) is 0 Å². The van der Waals surface area contributed by atoms with Crippen LogP contribution in [0, 0.1) is 20.8 Å². The van der Waals surface area contributed by atoms with Gasteiger partial charge in [-0.1, -0.05) is 13.3 Å². The second kappa shape index (κ2) is 7.90. The highest BCUT2D eigenvalue weighted by Crippen LogP contribution is 2.24. The van der Waals surface area contributed by atoms with Gasteiger partial charge in [0.25, 0.3) is 0 Å². The summed E-state index contributed by atoms with van der Waals surface area (Å²) in [4.78, 5) is 16.7. The van der Waals surface area contributed by atoms with E-state index in [4.69, 9.17) is 0 Å². The van der Waals surface area contributed by atoms with E-state index in [-0.39, 0.29) is 17.3 Å². The number of urea groups is 1. The summed E-state index contributed by atoms with van der Waals surface area (Å²) in [5.74, 6) is 0.691. The molecular weight excluding hydrogens is 310 g/mol. The Morgan fingerprint density at radius 2 is 2.09 bits per heavy atom. The van der Waals surface area contributed by atoms with E-state index in [0.29, 0.717) is 5.75 Å². The number of pyridine rings is 1. The van der Waals surface area contributed by atoms with E-state index in [2.05, 4.69) is 15.6 Å². The van der Waals surface area contributed by atoms with Crippen molar-refractivity contribution in [2.75, 3.05) is 11.1 Å². The van der Waals surface area contributed by atoms with Gasteiger partial charge < -0.3 is 10.6 Å². The number of aromatic nitrogens is 1. The van der Waals surface area contributed by atoms with Crippen molar-refractivity contribution in [2.24, 2.45) is 0 Å². The Labute approximate surface area is 141 Å². The molecule has 0 bridgehead atoms. The molecule has 1 aromatic rings. The fraction of sp³-hybridized carbons (Fsp3) is 0.647. The normalized spacial score (nSPS) is 22.4. The molecule has 5 nitrogen and oxygen atoms in total. The molecule has 1 aliphatic rings. The minimum absolute atomic E-state index is 0.100. The van der Waals surface area contributed by atoms with Gasteiger partial charge in [0.05, 0.1) is 11.4 Å². The predicted octanol–water partition coefficient (Wildman–Crippen LogP) is 3.21. The maximum atomic E-state index is 12.3. The minimum atomic E-state index is -0.779. The van der Waals surface area contributed by atoms with Crippen LogP contribution in [0.1, 0.15) is 49.6 Å². The highest BCUT2D eigenvalue weighted by Gasteiger charge is 2.26. The van der Waals surface area contributed by atoms with Gasteiger partial charge in [-0.25, -0.2) is 4.79 Å². The molecule has 1 aliphatic carbocycles. The molecule has 2 amide bonds. The highest BCUT2D eigenvalue weighted by atomic mass is 32.2. The molecule has 23 heavy (non-hydrogen) atoms. The zero-order chi connectivity index (χ0) is 17.0. The number of hydrogen-bond acceptors (Lipinski definition) is 3. The highest BCUT2D eigenvalue weighted by molar-refractivity contribution is 7.85. The van der Waals surface area contributed by atoms with Gasteiger partial charge in [-0.05, 0) is 51.7 Å². The fourth-order valence-corrected chi connectivity index (χ4v) is 4.65. The number of rotatable bonds is 4. The van der Waals surface area contributed by atoms with Gasteiger partial charge in [0.2, 0.25) is 0 Å². The van der Waals surface area contributed by atoms with Crippen LogP contribution in [0.4, 0.5) is 10.5 Å². The van der Waals surface area contributed by atoms with Crippen molar-refractivity contribution in [1.82, 2.24) is 10.3 Å². The van der Waals surface area contributed by atoms with Crippen molar-refractivity contribution in [1.29, 1.82) is 0 Å². The molecule has 1 heterocycles. The van der Waals surface area contributed by atoms with Crippen LogP contribution in [0.3, 0.4) is 0 Å². The molecule has 1 saturated carbocycles. The van der Waals surface area contributed by atoms with Gasteiger partial charge in [0, 0.05) is 33.5 Å². The first kappa shape index (κ1) is 17.9. The number of amides is 2. The molecular formula is C17H27N3O2S. The lowest BCUT2D eigenvalue weighted by Crippen LogP contribution is -2.43. The molecule has 0 aromatic carbocycles. The summed E-state index contributed by atoms with van der Waals surface area (Å²) < 4.78 is 12.0. The zero-order valence-electron chi connectivity index (χ0n) is 14.4. The van der Waals surface area contributed by atoms with Crippen LogP contribution in [0.5, 0.6) is 0 Å². The molecule has 0 spiro atoms. The van der Waals surface area contributed by atoms with Gasteiger partial charge in [0.15, 0.2) is 0 Å². The fourth-order valence-electron chi connectivity index (χ4n) is 3.30. The molecule has 3 atom stereocenters. The van der Waals surface area contributed by atoms with E-state index in [1.807, 2.05) is 33.8 Å². The lowest BCUT2D eigenvalue weighted by Gasteiger charge is -2.29. The van der Waals surface area contributed by atoms with Crippen molar-refractivity contribution < 1.29 is 9.00 Å². The molecule has 1 aromatic heterocycles. The van der Waals surface area contributed by atoms with E-state index < -0.39 is 10.8 Å². The minimum Gasteiger partial charge on any atom is -0.335 e. The van der Waals surface area contributed by atoms with Crippen LogP contribution in [-0.2, 0) is 10.8 Å². The second-order valence-electron chi connectivity index (χ2n) is 6.29. The standard InChI is InChI=1S/C17H27N3O2S/c1-5-23(22)15-8-6-7-14(10-15)19-17(21)20-16-11(2)9-12(3)18-13(16)4/h9,14-15H,5-8,10H2,1-4H3,(H2,19,20,21)/t14-,15-,23+/m1/s1. The number of nitrogens with one attached hydrogen (secondary N) is 2. The zero-order valence-corrected chi connectivity index (χ0v) is 15.3. The maximum Gasteiger partial charge on any atom is 0.319 e. The molecule has 0 radical (unpaired) electrons. The van der Waals surface area contributed by atoms with Crippen LogP contribution >= 0.6 is 0 Å². The molecule has 128 valence electrons. The Balaban J connectivity index is 1.96. The topological polar surface area (TPSA) is 71.1 Å². The molecule has 0 aliphatic heterocycles. The lowest BCUT2D eigenvalue weighted by molar-refractivity contribution is 0.244. The average Bonchev–Trinajstić information content (AvgIpc) is 2.50. The Morgan fingerprint density at radius 3 is 2.74 bits per heavy atom. The third-order valence-electron chi connectivity index (χ3n) is 4.38. The van der Waals surface area contributed by atoms with Gasteiger partial charge in [-0.3, -0.25) is 9.19 Å². The lowest BCUT2D eigenvalue weighted by atomic mass is 9.95. The van der Waals surface area contributed by atoms with Gasteiger partial charge in [-0.15, -0.1) is 0 Å². The van der Waals surface area contributed by atoms with Gasteiger partial charge >= 0.3 is 6.03 Å². The SMILES string of the molecule is CC[S@](=O)[C@@H]1CCC[C@@H](NC(=O)Nc2c(C)cc(C)nc2C)C1. The van der Waals surface area contributed by atoms with Crippen molar-refractivity contribution in [2.45, 2.75) is 64.7 Å². The largest absolute Gasteiger partial charge is 0.335 e. The second-order valence-corrected chi connectivity index (χ2v) is 8.30. The van der Waals surface area contributed by atoms with Crippen molar-refractivity contribution in [3.8, 4) is 0 Å². The van der Waals surface area contributed by atoms with Crippen LogP contribution in [0.15, 0.2) is 6.07 Å². The Hall–Kier alpha value is -1.43. The van der Waals surface area contributed by atoms with Crippen molar-refractivity contribution in [3.05, 3.63) is 23.0 Å². The number of nitrogens with zero attached hydrogens (tertiary/aromatic N) is 1. The monoisotopic (exact) mass is 337 g/mol. The van der Waals surface area contributed by atoms with Crippen LogP contribution in [0.25, 0.3) is 0 Å². The van der Waals surface area contributed by atoms with E-state index in [0.717, 1.165) is 48.3 Å². The third-order valence-corrected chi connectivity index (χ3v) is 6.12. The Bertz CT molecular complexity index is 580. The number of hydrogen-bond donors (Lipinski definition) is 2. The number of anilines is 1. The Kier molecular flexibility index (Phi) is 6.16. The summed E-state index contributed by atoms with van der Waals surface area (Å²) in [5.41, 5.74) is 3.56. The molecule has 2 N–H and O–H groups in total. The summed E-state index contributed by atoms with van der Waals surface area (Å²) in [7, 11) is -0.779. The first-order valence-electron chi connectivity index (χ1n) is 8.30. The summed E-state index contributed by atoms with van der Waals surface area (Å²) in [6.07, 6.45) is 3.78. The molecule has 6 heteroatoms. The predicted molar refractivity (Wildman–Crippen MR) is 95.3 cm³/mol. The number of carbonyl (C=O) groups is 1. The Morgan fingerprint density at radius 1 is 1.35 bits per heavy atom. The van der Waals surface area contributed by atoms with Gasteiger partial charge in [-0.2, -0.15) is 0 Å². The summed E-state index contributed by atoms with van der Waals surface area (Å²) in [5, 5.41) is 6.17. The summed E-state index contributed by atoms with van der Waals surface area (Å²) >= 11 is 0. The first-order valence-corrected chi connectivity index (χ1v) is 9.68. The number of aryl methyl sites for hydroxylation is 3. The smallest absolute Gasteiger partial charge is 0.319 e. The van der Waals surface area contributed by atoms with E-state index >= 15 is 0 Å². The van der Waals surface area contributed by atoms with Gasteiger partial charge in [0.1, 0.15) is 0 Å². The molecule has 2 rings (SSSR count). The average molecular weight is 337 g/mol. The molecule has 1 fully saturated rings. The first-order chi connectivity index (χ1) is 10.9. The quantitative estimate of drug-likeness (QED) is 0.886. The van der Waals surface area contributed by atoms with E-state index in [1.54, 1.807) is 0 Å². The van der Waals surface area contributed by atoms with Crippen molar-refractivity contribution >= 4 is 22.5 Å². The maximum absolute atomic E-state index is 12.3. The van der Waals surface area contributed by atoms with Crippen LogP contribution in [-0.4, -0.2) is 32.3 Å². The van der Waals surface area contributed by atoms with Crippen LogP contribution < -0.4 is 10.6 Å². The number of carbonyl (C=O) groups excluding carboxylic acids is 1. The van der Waals surface area contributed by atoms with Crippen molar-refractivity contribution in [3.63, 3.8) is 0 Å². The molecule has 0 unspecified atom stereocenters. The summed E-state index contributed by atoms with van der Waals surface area (Å²) in [6.45, 7) is 7.77. The molecule has 0 saturated heterocycles. The summed E-state index contributed by atoms with van der Waals surface area (Å²) in [6, 6.07) is 1.86. The van der Waals surface area contributed by atoms with E-state index in [9.17, 15) is 9.00 Å².